The number of hydrogen-bond acceptors (Lipinski definition) is 3. The summed E-state index contributed by atoms with van der Waals surface area (Å²) in [6, 6.07) is 3.87. The molecule has 98 valence electrons. The third-order valence-electron chi connectivity index (χ3n) is 2.93. The molecule has 1 aromatic carbocycles. The quantitative estimate of drug-likeness (QED) is 0.856. The maximum Gasteiger partial charge on any atom is 0.235 e. The first-order valence-corrected chi connectivity index (χ1v) is 6.35. The van der Waals surface area contributed by atoms with E-state index in [-0.39, 0.29) is 17.8 Å². The summed E-state index contributed by atoms with van der Waals surface area (Å²) in [6.07, 6.45) is 0.738. The molecule has 1 N–H and O–H groups in total. The minimum absolute atomic E-state index is 0.0321. The lowest BCUT2D eigenvalue weighted by atomic mass is 9.98. The molecular formula is C13H16ClNO3. The van der Waals surface area contributed by atoms with E-state index in [2.05, 4.69) is 5.32 Å². The number of nitrogens with one attached hydrogen (secondary N) is 1. The van der Waals surface area contributed by atoms with Gasteiger partial charge in [0.25, 0.3) is 0 Å². The Morgan fingerprint density at radius 1 is 1.61 bits per heavy atom. The average molecular weight is 270 g/mol. The normalized spacial score (nSPS) is 17.6. The molecular weight excluding hydrogens is 254 g/mol. The van der Waals surface area contributed by atoms with Crippen LogP contribution in [-0.4, -0.2) is 25.5 Å². The molecule has 0 saturated carbocycles. The van der Waals surface area contributed by atoms with Gasteiger partial charge in [0, 0.05) is 12.0 Å². The second kappa shape index (κ2) is 5.48. The molecule has 2 rings (SSSR count). The van der Waals surface area contributed by atoms with Gasteiger partial charge in [0.05, 0.1) is 19.8 Å². The van der Waals surface area contributed by atoms with Crippen molar-refractivity contribution in [2.45, 2.75) is 19.4 Å². The van der Waals surface area contributed by atoms with Crippen LogP contribution in [0.5, 0.6) is 11.5 Å². The molecule has 0 bridgehead atoms. The van der Waals surface area contributed by atoms with Crippen LogP contribution in [0.4, 0.5) is 0 Å². The molecule has 1 aliphatic rings. The van der Waals surface area contributed by atoms with Gasteiger partial charge < -0.3 is 14.8 Å². The van der Waals surface area contributed by atoms with Gasteiger partial charge >= 0.3 is 0 Å². The van der Waals surface area contributed by atoms with E-state index in [9.17, 15) is 4.79 Å². The fourth-order valence-electron chi connectivity index (χ4n) is 2.15. The molecule has 5 heteroatoms. The summed E-state index contributed by atoms with van der Waals surface area (Å²) >= 11 is 5.52. The number of benzene rings is 1. The van der Waals surface area contributed by atoms with Crippen LogP contribution in [0.3, 0.4) is 0 Å². The average Bonchev–Trinajstić information content (AvgIpc) is 2.38. The molecule has 4 nitrogen and oxygen atoms in total. The summed E-state index contributed by atoms with van der Waals surface area (Å²) in [4.78, 5) is 11.4. The van der Waals surface area contributed by atoms with Crippen molar-refractivity contribution >= 4 is 17.5 Å². The summed E-state index contributed by atoms with van der Waals surface area (Å²) in [6.45, 7) is 2.54. The summed E-state index contributed by atoms with van der Waals surface area (Å²) in [7, 11) is 1.61. The van der Waals surface area contributed by atoms with E-state index >= 15 is 0 Å². The number of halogens is 1. The Morgan fingerprint density at radius 2 is 2.39 bits per heavy atom. The Balaban J connectivity index is 2.36. The predicted molar refractivity (Wildman–Crippen MR) is 69.4 cm³/mol. The molecule has 18 heavy (non-hydrogen) atoms. The molecule has 1 unspecified atom stereocenters. The van der Waals surface area contributed by atoms with Crippen LogP contribution < -0.4 is 14.8 Å². The van der Waals surface area contributed by atoms with Crippen molar-refractivity contribution in [3.63, 3.8) is 0 Å². The molecule has 1 amide bonds. The van der Waals surface area contributed by atoms with Gasteiger partial charge in [-0.15, -0.1) is 11.6 Å². The molecule has 1 atom stereocenters. The molecule has 1 aliphatic heterocycles. The highest BCUT2D eigenvalue weighted by molar-refractivity contribution is 6.27. The molecule has 0 fully saturated rings. The highest BCUT2D eigenvalue weighted by Gasteiger charge is 2.25. The number of fused-ring (bicyclic) bond motifs is 1. The van der Waals surface area contributed by atoms with E-state index in [1.54, 1.807) is 7.11 Å². The van der Waals surface area contributed by atoms with Gasteiger partial charge in [-0.2, -0.15) is 0 Å². The maximum absolute atomic E-state index is 11.4. The van der Waals surface area contributed by atoms with E-state index in [0.29, 0.717) is 18.1 Å². The number of alkyl halides is 1. The number of methoxy groups -OCH3 is 1. The lowest BCUT2D eigenvalue weighted by Gasteiger charge is -2.28. The van der Waals surface area contributed by atoms with E-state index in [4.69, 9.17) is 21.1 Å². The van der Waals surface area contributed by atoms with Crippen molar-refractivity contribution in [3.05, 3.63) is 23.3 Å². The molecule has 0 spiro atoms. The van der Waals surface area contributed by atoms with E-state index in [1.807, 2.05) is 19.1 Å². The third kappa shape index (κ3) is 2.53. The van der Waals surface area contributed by atoms with Gasteiger partial charge in [0.2, 0.25) is 5.91 Å². The number of hydrogen-bond donors (Lipinski definition) is 1. The SMILES string of the molecule is COc1cc(C)cc2c1OCCC2NC(=O)CCl. The summed E-state index contributed by atoms with van der Waals surface area (Å²) in [5.74, 6) is 1.22. The highest BCUT2D eigenvalue weighted by atomic mass is 35.5. The van der Waals surface area contributed by atoms with E-state index in [1.165, 1.54) is 0 Å². The first-order chi connectivity index (χ1) is 8.65. The molecule has 0 aromatic heterocycles. The minimum atomic E-state index is -0.171. The highest BCUT2D eigenvalue weighted by Crippen LogP contribution is 2.40. The van der Waals surface area contributed by atoms with Gasteiger partial charge in [-0.3, -0.25) is 4.79 Å². The Labute approximate surface area is 111 Å². The van der Waals surface area contributed by atoms with Crippen LogP contribution in [0.2, 0.25) is 0 Å². The molecule has 1 heterocycles. The summed E-state index contributed by atoms with van der Waals surface area (Å²) < 4.78 is 10.9. The van der Waals surface area contributed by atoms with Crippen molar-refractivity contribution < 1.29 is 14.3 Å². The van der Waals surface area contributed by atoms with Crippen molar-refractivity contribution in [2.75, 3.05) is 19.6 Å². The zero-order valence-corrected chi connectivity index (χ0v) is 11.2. The molecule has 0 aliphatic carbocycles. The monoisotopic (exact) mass is 269 g/mol. The minimum Gasteiger partial charge on any atom is -0.493 e. The topological polar surface area (TPSA) is 47.6 Å². The Morgan fingerprint density at radius 3 is 3.06 bits per heavy atom. The Bertz CT molecular complexity index is 462. The van der Waals surface area contributed by atoms with Crippen LogP contribution in [0.15, 0.2) is 12.1 Å². The zero-order chi connectivity index (χ0) is 13.1. The van der Waals surface area contributed by atoms with Crippen molar-refractivity contribution in [1.82, 2.24) is 5.32 Å². The van der Waals surface area contributed by atoms with E-state index in [0.717, 1.165) is 17.5 Å². The van der Waals surface area contributed by atoms with Crippen LogP contribution >= 0.6 is 11.6 Å². The number of ether oxygens (including phenoxy) is 2. The van der Waals surface area contributed by atoms with Crippen molar-refractivity contribution in [1.29, 1.82) is 0 Å². The lowest BCUT2D eigenvalue weighted by Crippen LogP contribution is -2.33. The van der Waals surface area contributed by atoms with Gasteiger partial charge in [0.1, 0.15) is 5.88 Å². The number of aryl methyl sites for hydroxylation is 1. The number of rotatable bonds is 3. The molecule has 0 saturated heterocycles. The fraction of sp³-hybridized carbons (Fsp3) is 0.462. The van der Waals surface area contributed by atoms with Gasteiger partial charge in [-0.25, -0.2) is 0 Å². The van der Waals surface area contributed by atoms with Crippen LogP contribution in [0, 0.1) is 6.92 Å². The number of carbonyl (C=O) groups is 1. The lowest BCUT2D eigenvalue weighted by molar-refractivity contribution is -0.119. The van der Waals surface area contributed by atoms with Crippen LogP contribution in [0.1, 0.15) is 23.6 Å². The Kier molecular flexibility index (Phi) is 3.97. The van der Waals surface area contributed by atoms with Crippen LogP contribution in [0.25, 0.3) is 0 Å². The van der Waals surface area contributed by atoms with Gasteiger partial charge in [-0.05, 0) is 18.6 Å². The summed E-state index contributed by atoms with van der Waals surface area (Å²) in [5.41, 5.74) is 2.03. The van der Waals surface area contributed by atoms with Gasteiger partial charge in [-0.1, -0.05) is 6.07 Å². The van der Waals surface area contributed by atoms with Crippen LogP contribution in [-0.2, 0) is 4.79 Å². The van der Waals surface area contributed by atoms with Crippen molar-refractivity contribution in [2.24, 2.45) is 0 Å². The second-order valence-corrected chi connectivity index (χ2v) is 4.54. The second-order valence-electron chi connectivity index (χ2n) is 4.28. The number of carbonyl (C=O) groups excluding carboxylic acids is 1. The van der Waals surface area contributed by atoms with E-state index < -0.39 is 0 Å². The standard InChI is InChI=1S/C13H16ClNO3/c1-8-5-9-10(15-12(16)7-14)3-4-18-13(9)11(6-8)17-2/h5-6,10H,3-4,7H2,1-2H3,(H,15,16). The maximum atomic E-state index is 11.4. The Hall–Kier alpha value is -1.42. The largest absolute Gasteiger partial charge is 0.493 e. The predicted octanol–water partition coefficient (Wildman–Crippen LogP) is 2.18. The number of amides is 1. The first-order valence-electron chi connectivity index (χ1n) is 5.82. The summed E-state index contributed by atoms with van der Waals surface area (Å²) in [5, 5.41) is 2.90. The zero-order valence-electron chi connectivity index (χ0n) is 10.5. The molecule has 0 radical (unpaired) electrons. The first kappa shape index (κ1) is 13.0. The smallest absolute Gasteiger partial charge is 0.235 e. The third-order valence-corrected chi connectivity index (χ3v) is 3.18. The van der Waals surface area contributed by atoms with Gasteiger partial charge in [0.15, 0.2) is 11.5 Å². The fourth-order valence-corrected chi connectivity index (χ4v) is 2.23. The molecule has 1 aromatic rings. The van der Waals surface area contributed by atoms with Crippen molar-refractivity contribution in [3.8, 4) is 11.5 Å².